The normalized spacial score (nSPS) is 10.2. The van der Waals surface area contributed by atoms with E-state index < -0.39 is 0 Å². The molecule has 0 bridgehead atoms. The summed E-state index contributed by atoms with van der Waals surface area (Å²) in [6, 6.07) is 24.9. The number of rotatable bonds is 2. The van der Waals surface area contributed by atoms with Gasteiger partial charge in [0, 0.05) is 11.1 Å². The van der Waals surface area contributed by atoms with Gasteiger partial charge >= 0.3 is 0 Å². The summed E-state index contributed by atoms with van der Waals surface area (Å²) < 4.78 is 0. The average Bonchev–Trinajstić information content (AvgIpc) is 2.49. The van der Waals surface area contributed by atoms with Gasteiger partial charge in [-0.15, -0.1) is 10.2 Å². The molecule has 2 nitrogen and oxygen atoms in total. The van der Waals surface area contributed by atoms with Gasteiger partial charge in [0.15, 0.2) is 0 Å². The molecule has 0 atom stereocenters. The van der Waals surface area contributed by atoms with Crippen LogP contribution < -0.4 is 0 Å². The first-order valence-corrected chi connectivity index (χ1v) is 5.80. The molecule has 85 valence electrons. The Bertz CT molecular complexity index is 558. The third-order valence-electron chi connectivity index (χ3n) is 2.72. The van der Waals surface area contributed by atoms with Crippen molar-refractivity contribution in [2.24, 2.45) is 0 Å². The molecule has 2 aromatic carbocycles. The van der Waals surface area contributed by atoms with Crippen LogP contribution in [0.3, 0.4) is 0 Å². The number of nitrogens with zero attached hydrogens (tertiary/aromatic N) is 2. The van der Waals surface area contributed by atoms with E-state index in [1.807, 2.05) is 66.7 Å². The van der Waals surface area contributed by atoms with Gasteiger partial charge < -0.3 is 0 Å². The summed E-state index contributed by atoms with van der Waals surface area (Å²) in [4.78, 5) is 0. The second kappa shape index (κ2) is 4.80. The van der Waals surface area contributed by atoms with E-state index in [2.05, 4.69) is 16.3 Å². The molecule has 0 unspecified atom stereocenters. The molecule has 1 aromatic heterocycles. The van der Waals surface area contributed by atoms with Gasteiger partial charge in [0.2, 0.25) is 0 Å². The fourth-order valence-corrected chi connectivity index (χ4v) is 1.79. The van der Waals surface area contributed by atoms with Gasteiger partial charge in [-0.1, -0.05) is 54.6 Å². The van der Waals surface area contributed by atoms with Gasteiger partial charge in [-0.2, -0.15) is 0 Å². The molecule has 0 saturated heterocycles. The highest BCUT2D eigenvalue weighted by Gasteiger charge is 2.02. The van der Waals surface area contributed by atoms with Crippen LogP contribution in [0.4, 0.5) is 0 Å². The molecule has 0 N–H and O–H groups in total. The number of benzene rings is 2. The number of hydrogen-bond acceptors (Lipinski definition) is 2. The minimum atomic E-state index is 0.843. The molecule has 2 heteroatoms. The largest absolute Gasteiger partial charge is 0.150 e. The van der Waals surface area contributed by atoms with E-state index in [0.717, 1.165) is 22.5 Å². The smallest absolute Gasteiger partial charge is 0.0936 e. The maximum Gasteiger partial charge on any atom is 0.0936 e. The predicted molar refractivity (Wildman–Crippen MR) is 71.7 cm³/mol. The summed E-state index contributed by atoms with van der Waals surface area (Å²) in [5.74, 6) is 0. The van der Waals surface area contributed by atoms with Crippen LogP contribution in [0, 0.1) is 6.07 Å². The summed E-state index contributed by atoms with van der Waals surface area (Å²) in [7, 11) is 0. The Labute approximate surface area is 106 Å². The van der Waals surface area contributed by atoms with Crippen molar-refractivity contribution in [3.63, 3.8) is 0 Å². The Morgan fingerprint density at radius 1 is 0.667 bits per heavy atom. The molecule has 0 aliphatic heterocycles. The van der Waals surface area contributed by atoms with Crippen molar-refractivity contribution in [2.75, 3.05) is 0 Å². The fourth-order valence-electron chi connectivity index (χ4n) is 1.79. The quantitative estimate of drug-likeness (QED) is 0.673. The molecular weight excluding hydrogens is 220 g/mol. The number of aromatic nitrogens is 2. The molecule has 0 spiro atoms. The highest BCUT2D eigenvalue weighted by Crippen LogP contribution is 2.19. The van der Waals surface area contributed by atoms with Gasteiger partial charge in [0.1, 0.15) is 0 Å². The zero-order valence-electron chi connectivity index (χ0n) is 9.75. The van der Waals surface area contributed by atoms with Crippen molar-refractivity contribution in [3.8, 4) is 22.5 Å². The third kappa shape index (κ3) is 2.13. The van der Waals surface area contributed by atoms with E-state index in [9.17, 15) is 0 Å². The van der Waals surface area contributed by atoms with Gasteiger partial charge in [0.05, 0.1) is 11.4 Å². The average molecular weight is 231 g/mol. The van der Waals surface area contributed by atoms with E-state index in [0.29, 0.717) is 0 Å². The Morgan fingerprint density at radius 3 is 2.06 bits per heavy atom. The van der Waals surface area contributed by atoms with E-state index in [-0.39, 0.29) is 0 Å². The molecule has 1 radical (unpaired) electrons. The minimum absolute atomic E-state index is 0.843. The molecular formula is C16H11N2. The summed E-state index contributed by atoms with van der Waals surface area (Å²) >= 11 is 0. The SMILES string of the molecule is [c]1ccccc1-c1ccc(-c2ccccc2)nn1. The lowest BCUT2D eigenvalue weighted by Gasteiger charge is -2.02. The van der Waals surface area contributed by atoms with Crippen LogP contribution in [0.25, 0.3) is 22.5 Å². The molecule has 0 aliphatic rings. The third-order valence-corrected chi connectivity index (χ3v) is 2.72. The summed E-state index contributed by atoms with van der Waals surface area (Å²) in [5.41, 5.74) is 3.77. The van der Waals surface area contributed by atoms with E-state index >= 15 is 0 Å². The Hall–Kier alpha value is -2.48. The first kappa shape index (κ1) is 10.7. The van der Waals surface area contributed by atoms with Gasteiger partial charge in [-0.3, -0.25) is 0 Å². The van der Waals surface area contributed by atoms with Gasteiger partial charge in [0.25, 0.3) is 0 Å². The van der Waals surface area contributed by atoms with Crippen molar-refractivity contribution >= 4 is 0 Å². The minimum Gasteiger partial charge on any atom is -0.150 e. The topological polar surface area (TPSA) is 25.8 Å². The van der Waals surface area contributed by atoms with Crippen molar-refractivity contribution < 1.29 is 0 Å². The van der Waals surface area contributed by atoms with Crippen LogP contribution in [0.2, 0.25) is 0 Å². The van der Waals surface area contributed by atoms with E-state index in [4.69, 9.17) is 0 Å². The zero-order valence-corrected chi connectivity index (χ0v) is 9.75. The Morgan fingerprint density at radius 2 is 1.39 bits per heavy atom. The van der Waals surface area contributed by atoms with Crippen molar-refractivity contribution in [1.82, 2.24) is 10.2 Å². The van der Waals surface area contributed by atoms with E-state index in [1.54, 1.807) is 0 Å². The maximum absolute atomic E-state index is 4.26. The second-order valence-corrected chi connectivity index (χ2v) is 3.95. The number of hydrogen-bond donors (Lipinski definition) is 0. The molecule has 18 heavy (non-hydrogen) atoms. The lowest BCUT2D eigenvalue weighted by atomic mass is 10.1. The van der Waals surface area contributed by atoms with Gasteiger partial charge in [-0.05, 0) is 18.2 Å². The zero-order chi connectivity index (χ0) is 12.2. The van der Waals surface area contributed by atoms with Crippen molar-refractivity contribution in [3.05, 3.63) is 72.8 Å². The Balaban J connectivity index is 1.95. The first-order chi connectivity index (χ1) is 8.93. The lowest BCUT2D eigenvalue weighted by Crippen LogP contribution is -1.90. The monoisotopic (exact) mass is 231 g/mol. The highest BCUT2D eigenvalue weighted by atomic mass is 15.1. The molecule has 3 aromatic rings. The summed E-state index contributed by atoms with van der Waals surface area (Å²) in [6.07, 6.45) is 0. The standard InChI is InChI=1S/C16H11N2/c1-3-7-13(8-4-1)15-11-12-16(18-17-15)14-9-5-2-6-10-14/h1-9,11-12H. The Kier molecular flexibility index (Phi) is 2.84. The first-order valence-electron chi connectivity index (χ1n) is 5.80. The van der Waals surface area contributed by atoms with Gasteiger partial charge in [-0.25, -0.2) is 0 Å². The molecule has 3 rings (SSSR count). The molecule has 1 heterocycles. The molecule has 0 aliphatic carbocycles. The maximum atomic E-state index is 4.26. The summed E-state index contributed by atoms with van der Waals surface area (Å²) in [6.45, 7) is 0. The van der Waals surface area contributed by atoms with Crippen LogP contribution in [0.5, 0.6) is 0 Å². The lowest BCUT2D eigenvalue weighted by molar-refractivity contribution is 1.04. The molecule has 0 amide bonds. The highest BCUT2D eigenvalue weighted by molar-refractivity contribution is 5.62. The van der Waals surface area contributed by atoms with E-state index in [1.165, 1.54) is 0 Å². The fraction of sp³-hybridized carbons (Fsp3) is 0. The summed E-state index contributed by atoms with van der Waals surface area (Å²) in [5, 5.41) is 8.50. The van der Waals surface area contributed by atoms with Crippen LogP contribution in [0.1, 0.15) is 0 Å². The van der Waals surface area contributed by atoms with Crippen LogP contribution in [0.15, 0.2) is 66.7 Å². The van der Waals surface area contributed by atoms with Crippen molar-refractivity contribution in [1.29, 1.82) is 0 Å². The van der Waals surface area contributed by atoms with Crippen molar-refractivity contribution in [2.45, 2.75) is 0 Å². The van der Waals surface area contributed by atoms with Crippen LogP contribution >= 0.6 is 0 Å². The molecule has 0 fully saturated rings. The second-order valence-electron chi connectivity index (χ2n) is 3.95. The van der Waals surface area contributed by atoms with Crippen LogP contribution in [-0.4, -0.2) is 10.2 Å². The van der Waals surface area contributed by atoms with Crippen LogP contribution in [-0.2, 0) is 0 Å². The predicted octanol–water partition coefficient (Wildman–Crippen LogP) is 3.61. The molecule has 0 saturated carbocycles.